The normalized spacial score (nSPS) is 14.0. The number of piperazine rings is 1. The van der Waals surface area contributed by atoms with Gasteiger partial charge in [-0.3, -0.25) is 14.9 Å². The summed E-state index contributed by atoms with van der Waals surface area (Å²) in [5.41, 5.74) is 3.11. The lowest BCUT2D eigenvalue weighted by atomic mass is 10.1. The summed E-state index contributed by atoms with van der Waals surface area (Å²) in [6, 6.07) is 16.5. The van der Waals surface area contributed by atoms with Crippen molar-refractivity contribution in [1.82, 2.24) is 14.7 Å². The van der Waals surface area contributed by atoms with Crippen LogP contribution in [0.4, 0.5) is 11.4 Å². The van der Waals surface area contributed by atoms with E-state index in [1.54, 1.807) is 29.3 Å². The number of nitro benzene ring substituents is 1. The van der Waals surface area contributed by atoms with Gasteiger partial charge in [-0.1, -0.05) is 37.3 Å². The summed E-state index contributed by atoms with van der Waals surface area (Å²) in [7, 11) is 0. The minimum absolute atomic E-state index is 0.0451. The fourth-order valence-electron chi connectivity index (χ4n) is 3.89. The predicted octanol–water partition coefficient (Wildman–Crippen LogP) is 3.31. The number of benzene rings is 2. The van der Waals surface area contributed by atoms with Crippen molar-refractivity contribution in [3.05, 3.63) is 82.2 Å². The van der Waals surface area contributed by atoms with Gasteiger partial charge in [0.25, 0.3) is 11.6 Å². The number of nitrogens with zero attached hydrogens (tertiary/aromatic N) is 5. The van der Waals surface area contributed by atoms with Gasteiger partial charge in [-0.15, -0.1) is 0 Å². The van der Waals surface area contributed by atoms with Crippen molar-refractivity contribution in [2.75, 3.05) is 31.1 Å². The number of aromatic nitrogens is 2. The third kappa shape index (κ3) is 3.63. The van der Waals surface area contributed by atoms with E-state index in [1.807, 2.05) is 46.8 Å². The number of rotatable bonds is 5. The van der Waals surface area contributed by atoms with E-state index in [-0.39, 0.29) is 16.5 Å². The zero-order valence-electron chi connectivity index (χ0n) is 16.8. The third-order valence-corrected chi connectivity index (χ3v) is 5.42. The highest BCUT2D eigenvalue weighted by molar-refractivity contribution is 5.95. The predicted molar refractivity (Wildman–Crippen MR) is 114 cm³/mol. The highest BCUT2D eigenvalue weighted by Gasteiger charge is 2.28. The molecule has 8 heteroatoms. The van der Waals surface area contributed by atoms with Gasteiger partial charge < -0.3 is 9.80 Å². The molecule has 1 saturated heterocycles. The Balaban J connectivity index is 1.51. The maximum absolute atomic E-state index is 13.2. The SMILES string of the molecule is CCc1c(C(=O)N2CCN(c3ccccc3[N+](=O)[O-])CC2)cnn1-c1ccccc1. The van der Waals surface area contributed by atoms with Crippen LogP contribution in [-0.4, -0.2) is 51.7 Å². The summed E-state index contributed by atoms with van der Waals surface area (Å²) >= 11 is 0. The molecule has 0 radical (unpaired) electrons. The monoisotopic (exact) mass is 405 g/mol. The van der Waals surface area contributed by atoms with E-state index in [9.17, 15) is 14.9 Å². The van der Waals surface area contributed by atoms with E-state index < -0.39 is 0 Å². The van der Waals surface area contributed by atoms with Gasteiger partial charge in [-0.2, -0.15) is 5.10 Å². The molecule has 3 aromatic rings. The van der Waals surface area contributed by atoms with Gasteiger partial charge in [0.1, 0.15) is 5.69 Å². The fourth-order valence-corrected chi connectivity index (χ4v) is 3.89. The van der Waals surface area contributed by atoms with E-state index in [4.69, 9.17) is 0 Å². The topological polar surface area (TPSA) is 84.5 Å². The van der Waals surface area contributed by atoms with Crippen LogP contribution in [0.3, 0.4) is 0 Å². The number of nitro groups is 1. The van der Waals surface area contributed by atoms with E-state index >= 15 is 0 Å². The van der Waals surface area contributed by atoms with Gasteiger partial charge in [0.15, 0.2) is 0 Å². The van der Waals surface area contributed by atoms with E-state index in [1.165, 1.54) is 6.07 Å². The molecule has 0 saturated carbocycles. The van der Waals surface area contributed by atoms with Crippen LogP contribution in [0.1, 0.15) is 23.0 Å². The van der Waals surface area contributed by atoms with Crippen LogP contribution in [0.15, 0.2) is 60.8 Å². The van der Waals surface area contributed by atoms with Gasteiger partial charge in [-0.25, -0.2) is 4.68 Å². The maximum Gasteiger partial charge on any atom is 0.292 e. The molecule has 0 N–H and O–H groups in total. The molecule has 2 heterocycles. The van der Waals surface area contributed by atoms with Crippen LogP contribution >= 0.6 is 0 Å². The molecule has 0 bridgehead atoms. The summed E-state index contributed by atoms with van der Waals surface area (Å²) in [6.07, 6.45) is 2.33. The highest BCUT2D eigenvalue weighted by Crippen LogP contribution is 2.28. The Hall–Kier alpha value is -3.68. The summed E-state index contributed by atoms with van der Waals surface area (Å²) in [5, 5.41) is 15.8. The molecule has 0 aliphatic carbocycles. The number of carbonyl (C=O) groups excluding carboxylic acids is 1. The second kappa shape index (κ2) is 8.36. The van der Waals surface area contributed by atoms with Crippen LogP contribution in [0.25, 0.3) is 5.69 Å². The van der Waals surface area contributed by atoms with Crippen LogP contribution in [0.5, 0.6) is 0 Å². The van der Waals surface area contributed by atoms with Crippen LogP contribution in [0, 0.1) is 10.1 Å². The average molecular weight is 405 g/mol. The molecule has 0 unspecified atom stereocenters. The van der Waals surface area contributed by atoms with Crippen molar-refractivity contribution in [1.29, 1.82) is 0 Å². The maximum atomic E-state index is 13.2. The zero-order valence-corrected chi connectivity index (χ0v) is 16.8. The Morgan fingerprint density at radius 2 is 1.70 bits per heavy atom. The Kier molecular flexibility index (Phi) is 5.47. The first kappa shape index (κ1) is 19.6. The lowest BCUT2D eigenvalue weighted by Gasteiger charge is -2.35. The summed E-state index contributed by atoms with van der Waals surface area (Å²) in [6.45, 7) is 4.12. The molecule has 154 valence electrons. The van der Waals surface area contributed by atoms with Crippen molar-refractivity contribution in [2.24, 2.45) is 0 Å². The first-order valence-electron chi connectivity index (χ1n) is 10.00. The Morgan fingerprint density at radius 1 is 1.03 bits per heavy atom. The zero-order chi connectivity index (χ0) is 21.1. The summed E-state index contributed by atoms with van der Waals surface area (Å²) < 4.78 is 1.82. The number of amides is 1. The van der Waals surface area contributed by atoms with Crippen molar-refractivity contribution < 1.29 is 9.72 Å². The van der Waals surface area contributed by atoms with Crippen LogP contribution < -0.4 is 4.90 Å². The van der Waals surface area contributed by atoms with Crippen LogP contribution in [-0.2, 0) is 6.42 Å². The number of hydrogen-bond acceptors (Lipinski definition) is 5. The van der Waals surface area contributed by atoms with Gasteiger partial charge >= 0.3 is 0 Å². The van der Waals surface area contributed by atoms with Crippen molar-refractivity contribution in [3.63, 3.8) is 0 Å². The Morgan fingerprint density at radius 3 is 2.37 bits per heavy atom. The third-order valence-electron chi connectivity index (χ3n) is 5.42. The average Bonchev–Trinajstić information content (AvgIpc) is 3.23. The van der Waals surface area contributed by atoms with Gasteiger partial charge in [-0.05, 0) is 24.6 Å². The molecule has 0 atom stereocenters. The van der Waals surface area contributed by atoms with Crippen LogP contribution in [0.2, 0.25) is 0 Å². The van der Waals surface area contributed by atoms with E-state index in [0.717, 1.165) is 11.4 Å². The molecular formula is C22H23N5O3. The molecule has 2 aromatic carbocycles. The van der Waals surface area contributed by atoms with Crippen molar-refractivity contribution in [3.8, 4) is 5.69 Å². The Bertz CT molecular complexity index is 1060. The standard InChI is InChI=1S/C22H23N5O3/c1-2-19-18(16-23-26(19)17-8-4-3-5-9-17)22(28)25-14-12-24(13-15-25)20-10-6-7-11-21(20)27(29)30/h3-11,16H,2,12-15H2,1H3. The molecule has 4 rings (SSSR count). The quantitative estimate of drug-likeness (QED) is 0.480. The van der Waals surface area contributed by atoms with Gasteiger partial charge in [0.2, 0.25) is 0 Å². The molecule has 1 fully saturated rings. The fraction of sp³-hybridized carbons (Fsp3) is 0.273. The molecule has 1 aliphatic rings. The van der Waals surface area contributed by atoms with E-state index in [0.29, 0.717) is 43.9 Å². The Labute approximate surface area is 174 Å². The number of anilines is 1. The number of hydrogen-bond donors (Lipinski definition) is 0. The minimum Gasteiger partial charge on any atom is -0.362 e. The highest BCUT2D eigenvalue weighted by atomic mass is 16.6. The summed E-state index contributed by atoms with van der Waals surface area (Å²) in [4.78, 5) is 27.9. The van der Waals surface area contributed by atoms with Crippen molar-refractivity contribution >= 4 is 17.3 Å². The lowest BCUT2D eigenvalue weighted by Crippen LogP contribution is -2.49. The molecule has 1 aliphatic heterocycles. The second-order valence-electron chi connectivity index (χ2n) is 7.13. The van der Waals surface area contributed by atoms with Gasteiger partial charge in [0, 0.05) is 32.2 Å². The summed E-state index contributed by atoms with van der Waals surface area (Å²) in [5.74, 6) is -0.0451. The van der Waals surface area contributed by atoms with Gasteiger partial charge in [0.05, 0.1) is 28.1 Å². The molecule has 30 heavy (non-hydrogen) atoms. The first-order chi connectivity index (χ1) is 14.6. The number of para-hydroxylation sites is 3. The molecule has 0 spiro atoms. The molecular weight excluding hydrogens is 382 g/mol. The lowest BCUT2D eigenvalue weighted by molar-refractivity contribution is -0.384. The largest absolute Gasteiger partial charge is 0.362 e. The van der Waals surface area contributed by atoms with Crippen molar-refractivity contribution in [2.45, 2.75) is 13.3 Å². The first-order valence-corrected chi connectivity index (χ1v) is 10.00. The second-order valence-corrected chi connectivity index (χ2v) is 7.13. The molecule has 8 nitrogen and oxygen atoms in total. The molecule has 1 aromatic heterocycles. The van der Waals surface area contributed by atoms with E-state index in [2.05, 4.69) is 5.10 Å². The number of carbonyl (C=O) groups is 1. The minimum atomic E-state index is -0.363. The molecule has 1 amide bonds. The smallest absolute Gasteiger partial charge is 0.292 e.